The van der Waals surface area contributed by atoms with Gasteiger partial charge >= 0.3 is 0 Å². The Morgan fingerprint density at radius 1 is 1.07 bits per heavy atom. The molecular weight excluding hydrogens is 336 g/mol. The minimum absolute atomic E-state index is 0.357. The third kappa shape index (κ3) is 4.66. The highest BCUT2D eigenvalue weighted by Crippen LogP contribution is 2.40. The number of benzene rings is 1. The van der Waals surface area contributed by atoms with Gasteiger partial charge in [-0.05, 0) is 69.0 Å². The highest BCUT2D eigenvalue weighted by Gasteiger charge is 2.40. The lowest BCUT2D eigenvalue weighted by atomic mass is 9.73. The Morgan fingerprint density at radius 3 is 2.63 bits per heavy atom. The van der Waals surface area contributed by atoms with E-state index in [4.69, 9.17) is 4.74 Å². The molecule has 1 saturated heterocycles. The van der Waals surface area contributed by atoms with Crippen molar-refractivity contribution in [2.45, 2.75) is 51.4 Å². The minimum atomic E-state index is 0.357. The lowest BCUT2D eigenvalue weighted by Crippen LogP contribution is -2.48. The van der Waals surface area contributed by atoms with Crippen molar-refractivity contribution in [3.8, 4) is 5.75 Å². The average molecular weight is 371 g/mol. The number of hydrogen-bond donors (Lipinski definition) is 0. The maximum Gasteiger partial charge on any atom is 0.225 e. The van der Waals surface area contributed by atoms with E-state index in [-0.39, 0.29) is 0 Å². The van der Waals surface area contributed by atoms with E-state index in [1.807, 2.05) is 0 Å². The molecule has 0 N–H and O–H groups in total. The summed E-state index contributed by atoms with van der Waals surface area (Å²) in [7, 11) is 2.23. The molecule has 1 saturated carbocycles. The summed E-state index contributed by atoms with van der Waals surface area (Å²) in [6.45, 7) is 4.76. The third-order valence-corrected chi connectivity index (χ3v) is 6.77. The van der Waals surface area contributed by atoms with Crippen LogP contribution in [0.15, 0.2) is 24.3 Å². The monoisotopic (exact) mass is 370 g/mol. The van der Waals surface area contributed by atoms with Crippen LogP contribution in [0.25, 0.3) is 0 Å². The van der Waals surface area contributed by atoms with Crippen molar-refractivity contribution in [1.82, 2.24) is 9.80 Å². The molecule has 2 fully saturated rings. The molecule has 1 amide bonds. The maximum absolute atomic E-state index is 12.4. The molecular formula is C23H34N2O2. The number of aryl methyl sites for hydroxylation is 1. The first-order valence-electron chi connectivity index (χ1n) is 10.8. The molecule has 2 heterocycles. The number of rotatable bonds is 1. The fourth-order valence-corrected chi connectivity index (χ4v) is 4.91. The molecule has 3 aliphatic rings. The number of likely N-dealkylation sites (N-methyl/N-ethyl adjacent to an activating group) is 1. The van der Waals surface area contributed by atoms with Gasteiger partial charge in [0.05, 0.1) is 0 Å². The smallest absolute Gasteiger partial charge is 0.225 e. The number of fused-ring (bicyclic) bond motifs is 1. The van der Waals surface area contributed by atoms with Gasteiger partial charge in [0, 0.05) is 32.1 Å². The number of carbonyl (C=O) groups is 1. The Balaban J connectivity index is 1.40. The molecule has 4 rings (SSSR count). The van der Waals surface area contributed by atoms with Gasteiger partial charge < -0.3 is 14.5 Å². The van der Waals surface area contributed by atoms with E-state index in [1.54, 1.807) is 0 Å². The second kappa shape index (κ2) is 8.22. The van der Waals surface area contributed by atoms with Crippen molar-refractivity contribution in [2.75, 3.05) is 39.8 Å². The molecule has 2 aliphatic heterocycles. The third-order valence-electron chi connectivity index (χ3n) is 6.77. The van der Waals surface area contributed by atoms with Gasteiger partial charge in [0.1, 0.15) is 12.4 Å². The average Bonchev–Trinajstić information content (AvgIpc) is 3.51. The van der Waals surface area contributed by atoms with Crippen LogP contribution in [0, 0.1) is 11.3 Å². The van der Waals surface area contributed by atoms with Gasteiger partial charge in [-0.3, -0.25) is 4.79 Å². The van der Waals surface area contributed by atoms with Gasteiger partial charge in [-0.15, -0.1) is 0 Å². The maximum atomic E-state index is 12.4. The first-order chi connectivity index (χ1) is 13.2. The molecule has 0 aromatic heterocycles. The number of ether oxygens (including phenoxy) is 1. The first kappa shape index (κ1) is 18.8. The molecule has 1 aromatic rings. The Bertz CT molecular complexity index is 648. The zero-order valence-electron chi connectivity index (χ0n) is 16.8. The van der Waals surface area contributed by atoms with E-state index in [0.29, 0.717) is 17.2 Å². The van der Waals surface area contributed by atoms with Crippen LogP contribution in [0.5, 0.6) is 5.75 Å². The summed E-state index contributed by atoms with van der Waals surface area (Å²) in [6.07, 6.45) is 9.42. The number of carbonyl (C=O) groups excluding carboxylic acids is 1. The molecule has 0 radical (unpaired) electrons. The molecule has 1 spiro atoms. The van der Waals surface area contributed by atoms with E-state index in [9.17, 15) is 4.79 Å². The summed E-state index contributed by atoms with van der Waals surface area (Å²) in [6, 6.07) is 8.51. The van der Waals surface area contributed by atoms with Crippen molar-refractivity contribution in [2.24, 2.45) is 11.3 Å². The Kier molecular flexibility index (Phi) is 5.72. The Morgan fingerprint density at radius 2 is 1.85 bits per heavy atom. The quantitative estimate of drug-likeness (QED) is 0.755. The Hall–Kier alpha value is -1.55. The second-order valence-corrected chi connectivity index (χ2v) is 9.00. The van der Waals surface area contributed by atoms with Gasteiger partial charge in [0.2, 0.25) is 5.91 Å². The number of piperidine rings is 1. The lowest BCUT2D eigenvalue weighted by Gasteiger charge is -2.44. The predicted octanol–water partition coefficient (Wildman–Crippen LogP) is 3.74. The fourth-order valence-electron chi connectivity index (χ4n) is 4.91. The molecule has 4 nitrogen and oxygen atoms in total. The van der Waals surface area contributed by atoms with Crippen molar-refractivity contribution in [3.63, 3.8) is 0 Å². The van der Waals surface area contributed by atoms with E-state index >= 15 is 0 Å². The topological polar surface area (TPSA) is 32.8 Å². The van der Waals surface area contributed by atoms with Crippen molar-refractivity contribution in [1.29, 1.82) is 0 Å². The van der Waals surface area contributed by atoms with E-state index in [1.165, 1.54) is 24.8 Å². The minimum Gasteiger partial charge on any atom is -0.492 e. The fraction of sp³-hybridized carbons (Fsp3) is 0.696. The molecule has 1 aromatic carbocycles. The Labute approximate surface area is 163 Å². The molecule has 4 heteroatoms. The molecule has 0 atom stereocenters. The van der Waals surface area contributed by atoms with E-state index in [2.05, 4.69) is 41.1 Å². The first-order valence-corrected chi connectivity index (χ1v) is 10.8. The van der Waals surface area contributed by atoms with E-state index < -0.39 is 0 Å². The molecule has 1 aliphatic carbocycles. The highest BCUT2D eigenvalue weighted by molar-refractivity contribution is 5.81. The highest BCUT2D eigenvalue weighted by atomic mass is 16.5. The number of hydrogen-bond acceptors (Lipinski definition) is 3. The number of nitrogens with zero attached hydrogens (tertiary/aromatic N) is 2. The summed E-state index contributed by atoms with van der Waals surface area (Å²) < 4.78 is 6.09. The van der Waals surface area contributed by atoms with Crippen LogP contribution >= 0.6 is 0 Å². The lowest BCUT2D eigenvalue weighted by molar-refractivity contribution is -0.135. The van der Waals surface area contributed by atoms with Crippen molar-refractivity contribution >= 4 is 5.91 Å². The van der Waals surface area contributed by atoms with Gasteiger partial charge in [-0.1, -0.05) is 24.6 Å². The summed E-state index contributed by atoms with van der Waals surface area (Å²) in [5.74, 6) is 1.85. The zero-order chi connectivity index (χ0) is 18.7. The SMILES string of the molecule is CN1CCOc2ccccc2CCCCC2(CCN(C(=O)C3CC3)CC2)C1. The van der Waals surface area contributed by atoms with Crippen LogP contribution in [0.1, 0.15) is 50.5 Å². The summed E-state index contributed by atoms with van der Waals surface area (Å²) in [4.78, 5) is 17.0. The van der Waals surface area contributed by atoms with Gasteiger partial charge in [0.15, 0.2) is 0 Å². The molecule has 0 unspecified atom stereocenters. The molecule has 0 bridgehead atoms. The largest absolute Gasteiger partial charge is 0.492 e. The predicted molar refractivity (Wildman–Crippen MR) is 108 cm³/mol. The summed E-state index contributed by atoms with van der Waals surface area (Å²) in [5.41, 5.74) is 1.72. The van der Waals surface area contributed by atoms with Crippen LogP contribution in [0.2, 0.25) is 0 Å². The molecule has 27 heavy (non-hydrogen) atoms. The second-order valence-electron chi connectivity index (χ2n) is 9.00. The molecule has 148 valence electrons. The van der Waals surface area contributed by atoms with Crippen LogP contribution in [-0.4, -0.2) is 55.5 Å². The number of para-hydroxylation sites is 1. The van der Waals surface area contributed by atoms with Crippen LogP contribution in [-0.2, 0) is 11.2 Å². The van der Waals surface area contributed by atoms with Gasteiger partial charge in [0.25, 0.3) is 0 Å². The van der Waals surface area contributed by atoms with Gasteiger partial charge in [-0.25, -0.2) is 0 Å². The van der Waals surface area contributed by atoms with E-state index in [0.717, 1.165) is 70.6 Å². The van der Waals surface area contributed by atoms with Crippen molar-refractivity contribution in [3.05, 3.63) is 29.8 Å². The summed E-state index contributed by atoms with van der Waals surface area (Å²) in [5, 5.41) is 0. The van der Waals surface area contributed by atoms with Crippen molar-refractivity contribution < 1.29 is 9.53 Å². The summed E-state index contributed by atoms with van der Waals surface area (Å²) >= 11 is 0. The normalized spacial score (nSPS) is 24.4. The van der Waals surface area contributed by atoms with Crippen LogP contribution < -0.4 is 4.74 Å². The van der Waals surface area contributed by atoms with Crippen LogP contribution in [0.4, 0.5) is 0 Å². The zero-order valence-corrected chi connectivity index (χ0v) is 16.8. The number of amides is 1. The van der Waals surface area contributed by atoms with Crippen LogP contribution in [0.3, 0.4) is 0 Å². The standard InChI is InChI=1S/C23H34N2O2/c1-24-16-17-27-21-8-3-2-6-19(21)7-4-5-11-23(18-24)12-14-25(15-13-23)22(26)20-9-10-20/h2-3,6,8,20H,4-5,7,9-18H2,1H3. The van der Waals surface area contributed by atoms with Gasteiger partial charge in [-0.2, -0.15) is 0 Å². The number of likely N-dealkylation sites (tertiary alicyclic amines) is 1.